The molecule has 4 heterocycles. The normalized spacial score (nSPS) is 20.1. The molecule has 2 fully saturated rings. The van der Waals surface area contributed by atoms with Crippen LogP contribution in [0.1, 0.15) is 61.0 Å². The van der Waals surface area contributed by atoms with Crippen molar-refractivity contribution in [2.45, 2.75) is 56.3 Å². The molecule has 8 nitrogen and oxygen atoms in total. The number of hydrogen-bond acceptors (Lipinski definition) is 7. The van der Waals surface area contributed by atoms with Crippen LogP contribution in [0.25, 0.3) is 10.9 Å². The summed E-state index contributed by atoms with van der Waals surface area (Å²) in [5, 5.41) is 10.4. The standard InChI is InChI=1S/C40H40N6O2/c1-29-27-45(24-25-47-29)37-26-36-35(18-11-23-41-36)39(43-37)48-34-21-19-30(20-22-34)38-44-42-28-46(38)40(31-12-5-2-6-13-31,32-14-7-3-8-15-32)33-16-9-4-10-17-33/h2-18,23,26,28-30,34H,19-22,24-25,27H2,1H3/t29-,30?,34?/m1/s1. The molecule has 8 rings (SSSR count). The lowest BCUT2D eigenvalue weighted by atomic mass is 9.76. The zero-order valence-corrected chi connectivity index (χ0v) is 27.2. The topological polar surface area (TPSA) is 78.2 Å². The molecule has 1 atom stereocenters. The van der Waals surface area contributed by atoms with Gasteiger partial charge >= 0.3 is 0 Å². The van der Waals surface area contributed by atoms with E-state index < -0.39 is 5.54 Å². The van der Waals surface area contributed by atoms with Crippen LogP contribution in [0.4, 0.5) is 5.82 Å². The summed E-state index contributed by atoms with van der Waals surface area (Å²) >= 11 is 0. The third-order valence-corrected chi connectivity index (χ3v) is 9.94. The first-order chi connectivity index (χ1) is 23.7. The number of anilines is 1. The van der Waals surface area contributed by atoms with Gasteiger partial charge in [0, 0.05) is 31.3 Å². The summed E-state index contributed by atoms with van der Waals surface area (Å²) in [6, 6.07) is 38.3. The molecule has 0 amide bonds. The first kappa shape index (κ1) is 30.3. The highest BCUT2D eigenvalue weighted by Gasteiger charge is 2.42. The molecule has 1 aliphatic heterocycles. The molecule has 2 aliphatic rings. The molecule has 0 bridgehead atoms. The number of fused-ring (bicyclic) bond motifs is 1. The Labute approximate surface area is 281 Å². The molecule has 242 valence electrons. The number of hydrogen-bond donors (Lipinski definition) is 0. The first-order valence-corrected chi connectivity index (χ1v) is 17.1. The molecule has 1 saturated carbocycles. The van der Waals surface area contributed by atoms with Crippen molar-refractivity contribution in [3.8, 4) is 5.88 Å². The Morgan fingerprint density at radius 1 is 0.792 bits per heavy atom. The number of pyridine rings is 2. The molecule has 0 N–H and O–H groups in total. The van der Waals surface area contributed by atoms with Gasteiger partial charge in [-0.1, -0.05) is 91.0 Å². The second kappa shape index (κ2) is 13.2. The lowest BCUT2D eigenvalue weighted by Gasteiger charge is -2.39. The Hall–Kier alpha value is -5.08. The quantitative estimate of drug-likeness (QED) is 0.161. The highest BCUT2D eigenvalue weighted by molar-refractivity contribution is 5.85. The van der Waals surface area contributed by atoms with E-state index in [1.807, 2.05) is 18.6 Å². The van der Waals surface area contributed by atoms with E-state index in [4.69, 9.17) is 19.6 Å². The molecular formula is C40H40N6O2. The minimum atomic E-state index is -0.636. The summed E-state index contributed by atoms with van der Waals surface area (Å²) in [4.78, 5) is 12.0. The van der Waals surface area contributed by atoms with E-state index in [0.29, 0.717) is 12.5 Å². The van der Waals surface area contributed by atoms with Crippen LogP contribution in [0.3, 0.4) is 0 Å². The molecule has 0 radical (unpaired) electrons. The van der Waals surface area contributed by atoms with Gasteiger partial charge in [-0.2, -0.15) is 4.98 Å². The molecule has 6 aromatic rings. The summed E-state index contributed by atoms with van der Waals surface area (Å²) in [5.41, 5.74) is 3.77. The van der Waals surface area contributed by atoms with Crippen LogP contribution < -0.4 is 9.64 Å². The van der Waals surface area contributed by atoms with Gasteiger partial charge in [-0.05, 0) is 61.4 Å². The lowest BCUT2D eigenvalue weighted by Crippen LogP contribution is -2.41. The molecule has 3 aromatic carbocycles. The molecule has 8 heteroatoms. The molecule has 48 heavy (non-hydrogen) atoms. The number of nitrogens with zero attached hydrogens (tertiary/aromatic N) is 6. The van der Waals surface area contributed by atoms with Gasteiger partial charge < -0.3 is 14.4 Å². The number of ether oxygens (including phenoxy) is 2. The van der Waals surface area contributed by atoms with Crippen molar-refractivity contribution in [1.82, 2.24) is 24.7 Å². The van der Waals surface area contributed by atoms with Crippen molar-refractivity contribution < 1.29 is 9.47 Å². The van der Waals surface area contributed by atoms with Crippen LogP contribution in [0.2, 0.25) is 0 Å². The Morgan fingerprint density at radius 2 is 1.44 bits per heavy atom. The summed E-state index contributed by atoms with van der Waals surface area (Å²) in [5.74, 6) is 2.79. The van der Waals surface area contributed by atoms with Gasteiger partial charge in [0.2, 0.25) is 5.88 Å². The van der Waals surface area contributed by atoms with Crippen LogP contribution in [0, 0.1) is 0 Å². The van der Waals surface area contributed by atoms with Crippen LogP contribution in [0.5, 0.6) is 5.88 Å². The van der Waals surface area contributed by atoms with E-state index in [2.05, 4.69) is 130 Å². The monoisotopic (exact) mass is 636 g/mol. The highest BCUT2D eigenvalue weighted by Crippen LogP contribution is 2.44. The lowest BCUT2D eigenvalue weighted by molar-refractivity contribution is 0.0528. The predicted octanol–water partition coefficient (Wildman–Crippen LogP) is 7.39. The van der Waals surface area contributed by atoms with E-state index in [9.17, 15) is 0 Å². The van der Waals surface area contributed by atoms with Crippen molar-refractivity contribution in [2.24, 2.45) is 0 Å². The minimum Gasteiger partial charge on any atom is -0.474 e. The average Bonchev–Trinajstić information content (AvgIpc) is 3.64. The highest BCUT2D eigenvalue weighted by atomic mass is 16.5. The third kappa shape index (κ3) is 5.60. The zero-order valence-electron chi connectivity index (χ0n) is 27.2. The Kier molecular flexibility index (Phi) is 8.32. The van der Waals surface area contributed by atoms with E-state index in [1.165, 1.54) is 16.7 Å². The summed E-state index contributed by atoms with van der Waals surface area (Å²) in [7, 11) is 0. The van der Waals surface area contributed by atoms with Crippen molar-refractivity contribution in [2.75, 3.05) is 24.6 Å². The Bertz CT molecular complexity index is 1860. The van der Waals surface area contributed by atoms with Gasteiger partial charge in [0.15, 0.2) is 0 Å². The Balaban J connectivity index is 1.10. The van der Waals surface area contributed by atoms with Gasteiger partial charge in [0.25, 0.3) is 0 Å². The molecular weight excluding hydrogens is 596 g/mol. The van der Waals surface area contributed by atoms with Crippen molar-refractivity contribution in [3.05, 3.63) is 144 Å². The fraction of sp³-hybridized carbons (Fsp3) is 0.300. The maximum atomic E-state index is 6.75. The average molecular weight is 637 g/mol. The Morgan fingerprint density at radius 3 is 2.06 bits per heavy atom. The van der Waals surface area contributed by atoms with Gasteiger partial charge in [0.1, 0.15) is 29.6 Å². The van der Waals surface area contributed by atoms with Crippen LogP contribution >= 0.6 is 0 Å². The van der Waals surface area contributed by atoms with Crippen LogP contribution in [-0.4, -0.2) is 56.6 Å². The second-order valence-electron chi connectivity index (χ2n) is 12.9. The molecule has 1 saturated heterocycles. The summed E-state index contributed by atoms with van der Waals surface area (Å²) < 4.78 is 14.9. The number of aromatic nitrogens is 5. The largest absolute Gasteiger partial charge is 0.474 e. The number of benzene rings is 3. The fourth-order valence-corrected chi connectivity index (χ4v) is 7.64. The first-order valence-electron chi connectivity index (χ1n) is 17.1. The summed E-state index contributed by atoms with van der Waals surface area (Å²) in [6.07, 6.45) is 7.64. The summed E-state index contributed by atoms with van der Waals surface area (Å²) in [6.45, 7) is 4.39. The molecule has 3 aromatic heterocycles. The van der Waals surface area contributed by atoms with Gasteiger partial charge in [0.05, 0.1) is 23.6 Å². The number of morpholine rings is 1. The van der Waals surface area contributed by atoms with Gasteiger partial charge in [-0.15, -0.1) is 10.2 Å². The fourth-order valence-electron chi connectivity index (χ4n) is 7.64. The minimum absolute atomic E-state index is 0.0505. The smallest absolute Gasteiger partial charge is 0.225 e. The molecule has 0 unspecified atom stereocenters. The van der Waals surface area contributed by atoms with Crippen molar-refractivity contribution in [3.63, 3.8) is 0 Å². The third-order valence-electron chi connectivity index (χ3n) is 9.94. The van der Waals surface area contributed by atoms with Gasteiger partial charge in [-0.25, -0.2) is 0 Å². The van der Waals surface area contributed by atoms with Gasteiger partial charge in [-0.3, -0.25) is 9.55 Å². The van der Waals surface area contributed by atoms with E-state index in [0.717, 1.165) is 61.3 Å². The van der Waals surface area contributed by atoms with E-state index in [-0.39, 0.29) is 18.1 Å². The van der Waals surface area contributed by atoms with Crippen LogP contribution in [-0.2, 0) is 10.3 Å². The van der Waals surface area contributed by atoms with E-state index >= 15 is 0 Å². The molecule has 0 spiro atoms. The maximum Gasteiger partial charge on any atom is 0.225 e. The zero-order chi connectivity index (χ0) is 32.3. The SMILES string of the molecule is C[C@@H]1CN(c2cc3ncccc3c(OC3CCC(c4nncn4C(c4ccccc4)(c4ccccc4)c4ccccc4)CC3)n2)CCO1. The van der Waals surface area contributed by atoms with Crippen molar-refractivity contribution in [1.29, 1.82) is 0 Å². The van der Waals surface area contributed by atoms with Crippen molar-refractivity contribution >= 4 is 16.7 Å². The van der Waals surface area contributed by atoms with E-state index in [1.54, 1.807) is 0 Å². The predicted molar refractivity (Wildman–Crippen MR) is 187 cm³/mol. The molecule has 1 aliphatic carbocycles. The van der Waals surface area contributed by atoms with Crippen LogP contribution in [0.15, 0.2) is 122 Å². The number of rotatable bonds is 8. The maximum absolute atomic E-state index is 6.75. The second-order valence-corrected chi connectivity index (χ2v) is 12.9.